The fourth-order valence-electron chi connectivity index (χ4n) is 4.60. The van der Waals surface area contributed by atoms with Gasteiger partial charge in [-0.1, -0.05) is 49.0 Å². The number of ether oxygens (including phenoxy) is 3. The number of aromatic nitrogens is 3. The second-order valence-electron chi connectivity index (χ2n) is 10.4. The Balaban J connectivity index is 1.04. The normalized spacial score (nSPS) is 10.7. The Morgan fingerprint density at radius 2 is 1.28 bits per heavy atom. The first-order chi connectivity index (χ1) is 22.5. The Hall–Kier alpha value is -5.84. The third-order valence-corrected chi connectivity index (χ3v) is 6.98. The number of benzene rings is 4. The fraction of sp³-hybridized carbons (Fsp3) is 0.200. The Bertz CT molecular complexity index is 1740. The molecule has 236 valence electrons. The summed E-state index contributed by atoms with van der Waals surface area (Å²) in [4.78, 5) is 25.8. The maximum atomic E-state index is 12.4. The van der Waals surface area contributed by atoms with Crippen molar-refractivity contribution in [2.45, 2.75) is 25.7 Å². The molecule has 0 atom stereocenters. The molecule has 11 heteroatoms. The third-order valence-electron chi connectivity index (χ3n) is 6.98. The van der Waals surface area contributed by atoms with E-state index in [9.17, 15) is 14.7 Å². The van der Waals surface area contributed by atoms with Crippen LogP contribution in [0.5, 0.6) is 5.75 Å². The number of aromatic hydroxyl groups is 1. The summed E-state index contributed by atoms with van der Waals surface area (Å²) in [5.74, 6) is 0.0514. The summed E-state index contributed by atoms with van der Waals surface area (Å²) in [7, 11) is 0. The lowest BCUT2D eigenvalue weighted by atomic mass is 10.0. The lowest BCUT2D eigenvalue weighted by Gasteiger charge is -2.10. The molecule has 0 aliphatic heterocycles. The van der Waals surface area contributed by atoms with Gasteiger partial charge in [0.15, 0.2) is 0 Å². The van der Waals surface area contributed by atoms with E-state index < -0.39 is 12.2 Å². The maximum Gasteiger partial charge on any atom is 0.411 e. The zero-order valence-corrected chi connectivity index (χ0v) is 25.2. The molecular weight excluding hydrogens is 586 g/mol. The average molecular weight is 622 g/mol. The predicted molar refractivity (Wildman–Crippen MR) is 175 cm³/mol. The van der Waals surface area contributed by atoms with Gasteiger partial charge in [-0.3, -0.25) is 10.6 Å². The van der Waals surface area contributed by atoms with Gasteiger partial charge >= 0.3 is 12.2 Å². The monoisotopic (exact) mass is 621 g/mol. The largest absolute Gasteiger partial charge is 0.506 e. The van der Waals surface area contributed by atoms with Crippen LogP contribution < -0.4 is 10.6 Å². The molecule has 5 aromatic rings. The van der Waals surface area contributed by atoms with Crippen LogP contribution in [0.2, 0.25) is 0 Å². The van der Waals surface area contributed by atoms with Gasteiger partial charge in [0.2, 0.25) is 0 Å². The van der Waals surface area contributed by atoms with E-state index in [2.05, 4.69) is 27.4 Å². The fourth-order valence-corrected chi connectivity index (χ4v) is 4.60. The minimum atomic E-state index is -0.560. The number of hydrogen-bond acceptors (Lipinski definition) is 8. The van der Waals surface area contributed by atoms with Crippen LogP contribution >= 0.6 is 0 Å². The number of carbonyl (C=O) groups is 2. The topological polar surface area (TPSA) is 137 Å². The van der Waals surface area contributed by atoms with Crippen molar-refractivity contribution in [3.05, 3.63) is 121 Å². The Labute approximate surface area is 266 Å². The zero-order chi connectivity index (χ0) is 32.1. The van der Waals surface area contributed by atoms with E-state index in [1.54, 1.807) is 18.2 Å². The van der Waals surface area contributed by atoms with E-state index in [0.29, 0.717) is 49.5 Å². The summed E-state index contributed by atoms with van der Waals surface area (Å²) in [6, 6.07) is 27.6. The standard InChI is InChI=1S/C35H35N5O6/c1-2-44-20-5-6-21-45-34(42)36-28-14-9-25(10-15-28)23-26-11-16-29(17-12-26)37-35(43)46-22-19-27-13-18-33(41)32(24-27)40-38-30-7-3-4-8-31(30)39-40/h2-4,7-18,24,41H,1,5-6,19-23H2,(H,36,42)(H,37,43). The summed E-state index contributed by atoms with van der Waals surface area (Å²) < 4.78 is 15.6. The molecule has 0 unspecified atom stereocenters. The molecule has 1 aromatic heterocycles. The van der Waals surface area contributed by atoms with Crippen molar-refractivity contribution in [1.82, 2.24) is 15.0 Å². The van der Waals surface area contributed by atoms with Crippen LogP contribution in [-0.4, -0.2) is 52.1 Å². The number of nitrogens with one attached hydrogen (secondary N) is 2. The van der Waals surface area contributed by atoms with Crippen molar-refractivity contribution in [3.63, 3.8) is 0 Å². The van der Waals surface area contributed by atoms with Gasteiger partial charge in [-0.15, -0.1) is 15.0 Å². The lowest BCUT2D eigenvalue weighted by molar-refractivity contribution is 0.154. The molecule has 0 fully saturated rings. The van der Waals surface area contributed by atoms with Crippen molar-refractivity contribution in [2.24, 2.45) is 0 Å². The molecule has 1 heterocycles. The number of unbranched alkanes of at least 4 members (excludes halogenated alkanes) is 1. The van der Waals surface area contributed by atoms with Gasteiger partial charge in [-0.25, -0.2) is 9.59 Å². The number of fused-ring (bicyclic) bond motifs is 1. The second kappa shape index (κ2) is 15.8. The molecule has 0 aliphatic carbocycles. The smallest absolute Gasteiger partial charge is 0.411 e. The SMILES string of the molecule is C=COCCCCOC(=O)Nc1ccc(Cc2ccc(NC(=O)OCCc3ccc(O)c(-n4nc5ccccc5n4)c3)cc2)cc1. The molecular formula is C35H35N5O6. The van der Waals surface area contributed by atoms with Crippen LogP contribution in [0.1, 0.15) is 29.5 Å². The first-order valence-corrected chi connectivity index (χ1v) is 14.9. The number of anilines is 2. The van der Waals surface area contributed by atoms with E-state index >= 15 is 0 Å². The highest BCUT2D eigenvalue weighted by atomic mass is 16.6. The van der Waals surface area contributed by atoms with Crippen LogP contribution in [0.3, 0.4) is 0 Å². The molecule has 0 saturated heterocycles. The van der Waals surface area contributed by atoms with Crippen molar-refractivity contribution < 1.29 is 28.9 Å². The zero-order valence-electron chi connectivity index (χ0n) is 25.2. The minimum absolute atomic E-state index is 0.0514. The number of hydrogen-bond donors (Lipinski definition) is 3. The van der Waals surface area contributed by atoms with Gasteiger partial charge in [-0.05, 0) is 84.5 Å². The average Bonchev–Trinajstić information content (AvgIpc) is 3.50. The van der Waals surface area contributed by atoms with E-state index in [0.717, 1.165) is 34.1 Å². The highest BCUT2D eigenvalue weighted by molar-refractivity contribution is 5.85. The quantitative estimate of drug-likeness (QED) is 0.0891. The van der Waals surface area contributed by atoms with E-state index in [1.807, 2.05) is 72.8 Å². The third kappa shape index (κ3) is 9.08. The minimum Gasteiger partial charge on any atom is -0.506 e. The first kappa shape index (κ1) is 31.6. The van der Waals surface area contributed by atoms with Gasteiger partial charge in [0.25, 0.3) is 0 Å². The maximum absolute atomic E-state index is 12.4. The Morgan fingerprint density at radius 3 is 1.87 bits per heavy atom. The van der Waals surface area contributed by atoms with Crippen molar-refractivity contribution in [1.29, 1.82) is 0 Å². The number of amides is 2. The predicted octanol–water partition coefficient (Wildman–Crippen LogP) is 7.00. The highest BCUT2D eigenvalue weighted by Gasteiger charge is 2.11. The highest BCUT2D eigenvalue weighted by Crippen LogP contribution is 2.23. The number of rotatable bonds is 14. The van der Waals surface area contributed by atoms with Crippen LogP contribution in [-0.2, 0) is 27.1 Å². The van der Waals surface area contributed by atoms with Crippen LogP contribution in [0.15, 0.2) is 104 Å². The molecule has 0 saturated carbocycles. The van der Waals surface area contributed by atoms with Gasteiger partial charge in [0.05, 0.1) is 26.1 Å². The lowest BCUT2D eigenvalue weighted by Crippen LogP contribution is -2.15. The van der Waals surface area contributed by atoms with Crippen molar-refractivity contribution >= 4 is 34.6 Å². The van der Waals surface area contributed by atoms with Crippen LogP contribution in [0, 0.1) is 0 Å². The van der Waals surface area contributed by atoms with Crippen LogP contribution in [0.4, 0.5) is 21.0 Å². The molecule has 4 aromatic carbocycles. The summed E-state index contributed by atoms with van der Waals surface area (Å²) in [5, 5.41) is 24.7. The molecule has 0 spiro atoms. The molecule has 0 radical (unpaired) electrons. The van der Waals surface area contributed by atoms with E-state index in [1.165, 1.54) is 11.1 Å². The summed E-state index contributed by atoms with van der Waals surface area (Å²) in [6.07, 6.45) is 2.96. The van der Waals surface area contributed by atoms with Gasteiger partial charge in [-0.2, -0.15) is 0 Å². The number of phenolic OH excluding ortho intramolecular Hbond substituents is 1. The number of carbonyl (C=O) groups excluding carboxylic acids is 2. The molecule has 3 N–H and O–H groups in total. The summed E-state index contributed by atoms with van der Waals surface area (Å²) >= 11 is 0. The second-order valence-corrected chi connectivity index (χ2v) is 10.4. The number of nitrogens with zero attached hydrogens (tertiary/aromatic N) is 3. The van der Waals surface area contributed by atoms with Gasteiger partial charge in [0.1, 0.15) is 22.5 Å². The van der Waals surface area contributed by atoms with Gasteiger partial charge < -0.3 is 19.3 Å². The summed E-state index contributed by atoms with van der Waals surface area (Å²) in [5.41, 5.74) is 6.14. The molecule has 11 nitrogen and oxygen atoms in total. The van der Waals surface area contributed by atoms with E-state index in [4.69, 9.17) is 14.2 Å². The summed E-state index contributed by atoms with van der Waals surface area (Å²) in [6.45, 7) is 4.50. The molecule has 5 rings (SSSR count). The van der Waals surface area contributed by atoms with Crippen molar-refractivity contribution in [2.75, 3.05) is 30.5 Å². The molecule has 0 bridgehead atoms. The van der Waals surface area contributed by atoms with E-state index in [-0.39, 0.29) is 12.4 Å². The molecule has 2 amide bonds. The van der Waals surface area contributed by atoms with Gasteiger partial charge in [0, 0.05) is 17.8 Å². The molecule has 46 heavy (non-hydrogen) atoms. The van der Waals surface area contributed by atoms with Crippen LogP contribution in [0.25, 0.3) is 16.7 Å². The van der Waals surface area contributed by atoms with Crippen molar-refractivity contribution in [3.8, 4) is 11.4 Å². The Morgan fingerprint density at radius 1 is 0.739 bits per heavy atom. The number of phenols is 1. The first-order valence-electron chi connectivity index (χ1n) is 14.9. The Kier molecular flexibility index (Phi) is 10.8. The molecule has 0 aliphatic rings.